The highest BCUT2D eigenvalue weighted by Gasteiger charge is 2.16. The number of carbonyl (C=O) groups excluding carboxylic acids is 2. The zero-order valence-corrected chi connectivity index (χ0v) is 16.6. The number of aryl methyl sites for hydroxylation is 1. The topological polar surface area (TPSA) is 113 Å². The van der Waals surface area contributed by atoms with Gasteiger partial charge in [0.2, 0.25) is 0 Å². The fourth-order valence-electron chi connectivity index (χ4n) is 2.86. The molecule has 0 aliphatic carbocycles. The molecule has 4 rings (SSSR count). The van der Waals surface area contributed by atoms with Crippen LogP contribution in [0.25, 0.3) is 17.5 Å². The van der Waals surface area contributed by atoms with Crippen LogP contribution in [0.15, 0.2) is 83.1 Å². The largest absolute Gasteiger partial charge is 0.465 e. The Morgan fingerprint density at radius 1 is 1.03 bits per heavy atom. The maximum atomic E-state index is 13.0. The van der Waals surface area contributed by atoms with Gasteiger partial charge in [0.05, 0.1) is 6.26 Å². The first-order valence-electron chi connectivity index (χ1n) is 9.51. The molecule has 0 saturated heterocycles. The van der Waals surface area contributed by atoms with Crippen LogP contribution in [-0.2, 0) is 4.79 Å². The predicted octanol–water partition coefficient (Wildman–Crippen LogP) is 3.78. The molecule has 3 N–H and O–H groups in total. The number of aromatic amines is 1. The maximum absolute atomic E-state index is 13.0. The second-order valence-electron chi connectivity index (χ2n) is 6.67. The van der Waals surface area contributed by atoms with Crippen molar-refractivity contribution in [2.45, 2.75) is 6.92 Å². The molecular formula is C23H19N5O3. The Balaban J connectivity index is 1.57. The van der Waals surface area contributed by atoms with Crippen LogP contribution < -0.4 is 10.6 Å². The molecule has 2 aromatic heterocycles. The molecule has 0 spiro atoms. The lowest BCUT2D eigenvalue weighted by molar-refractivity contribution is -0.113. The minimum Gasteiger partial charge on any atom is -0.465 e. The molecule has 0 bridgehead atoms. The summed E-state index contributed by atoms with van der Waals surface area (Å²) < 4.78 is 5.30. The predicted molar refractivity (Wildman–Crippen MR) is 116 cm³/mol. The normalized spacial score (nSPS) is 11.2. The van der Waals surface area contributed by atoms with Crippen LogP contribution in [0.1, 0.15) is 21.9 Å². The van der Waals surface area contributed by atoms with Gasteiger partial charge in [-0.1, -0.05) is 30.3 Å². The minimum absolute atomic E-state index is 0.0444. The van der Waals surface area contributed by atoms with Crippen LogP contribution in [0.2, 0.25) is 0 Å². The Kier molecular flexibility index (Phi) is 5.70. The number of H-pyrrole nitrogens is 1. The van der Waals surface area contributed by atoms with Crippen LogP contribution in [-0.4, -0.2) is 27.0 Å². The summed E-state index contributed by atoms with van der Waals surface area (Å²) in [6.45, 7) is 1.81. The molecular weight excluding hydrogens is 394 g/mol. The third kappa shape index (κ3) is 4.94. The lowest BCUT2D eigenvalue weighted by Crippen LogP contribution is -2.30. The van der Waals surface area contributed by atoms with Gasteiger partial charge < -0.3 is 15.1 Å². The van der Waals surface area contributed by atoms with Crippen molar-refractivity contribution in [1.82, 2.24) is 20.5 Å². The highest BCUT2D eigenvalue weighted by molar-refractivity contribution is 6.10. The number of furan rings is 1. The van der Waals surface area contributed by atoms with Gasteiger partial charge in [-0.15, -0.1) is 0 Å². The Morgan fingerprint density at radius 2 is 1.87 bits per heavy atom. The lowest BCUT2D eigenvalue weighted by Gasteiger charge is -2.11. The van der Waals surface area contributed by atoms with Crippen molar-refractivity contribution in [1.29, 1.82) is 0 Å². The first-order valence-corrected chi connectivity index (χ1v) is 9.51. The molecule has 8 heteroatoms. The average Bonchev–Trinajstić information content (AvgIpc) is 3.46. The van der Waals surface area contributed by atoms with Crippen LogP contribution in [0.5, 0.6) is 0 Å². The monoisotopic (exact) mass is 413 g/mol. The second-order valence-corrected chi connectivity index (χ2v) is 6.67. The Morgan fingerprint density at radius 3 is 2.58 bits per heavy atom. The molecule has 0 aliphatic heterocycles. The van der Waals surface area contributed by atoms with Crippen LogP contribution in [0.3, 0.4) is 0 Å². The van der Waals surface area contributed by atoms with Gasteiger partial charge in [0.15, 0.2) is 5.82 Å². The van der Waals surface area contributed by atoms with Crippen LogP contribution in [0.4, 0.5) is 5.69 Å². The molecule has 31 heavy (non-hydrogen) atoms. The third-order valence-corrected chi connectivity index (χ3v) is 4.33. The van der Waals surface area contributed by atoms with E-state index in [2.05, 4.69) is 25.8 Å². The van der Waals surface area contributed by atoms with Gasteiger partial charge in [-0.05, 0) is 43.3 Å². The second kappa shape index (κ2) is 8.91. The fourth-order valence-corrected chi connectivity index (χ4v) is 2.86. The molecule has 0 aliphatic rings. The SMILES string of the molecule is Cc1nc(-c2cccc(NC(=O)C(=Cc3ccco3)NC(=O)c3ccccc3)c2)n[nH]1. The van der Waals surface area contributed by atoms with E-state index in [1.165, 1.54) is 12.3 Å². The van der Waals surface area contributed by atoms with Crippen molar-refractivity contribution in [3.05, 3.63) is 95.8 Å². The summed E-state index contributed by atoms with van der Waals surface area (Å²) >= 11 is 0. The number of hydrogen-bond acceptors (Lipinski definition) is 5. The van der Waals surface area contributed by atoms with E-state index >= 15 is 0 Å². The van der Waals surface area contributed by atoms with E-state index in [4.69, 9.17) is 4.42 Å². The van der Waals surface area contributed by atoms with Crippen molar-refractivity contribution in [2.75, 3.05) is 5.32 Å². The van der Waals surface area contributed by atoms with E-state index in [0.29, 0.717) is 28.7 Å². The molecule has 0 atom stereocenters. The van der Waals surface area contributed by atoms with Crippen LogP contribution >= 0.6 is 0 Å². The quantitative estimate of drug-likeness (QED) is 0.416. The molecule has 2 amide bonds. The zero-order valence-electron chi connectivity index (χ0n) is 16.6. The van der Waals surface area contributed by atoms with Gasteiger partial charge >= 0.3 is 0 Å². The Hall–Kier alpha value is -4.46. The molecule has 0 unspecified atom stereocenters. The number of aromatic nitrogens is 3. The lowest BCUT2D eigenvalue weighted by atomic mass is 10.2. The van der Waals surface area contributed by atoms with E-state index in [1.807, 2.05) is 19.1 Å². The number of rotatable bonds is 6. The molecule has 0 radical (unpaired) electrons. The van der Waals surface area contributed by atoms with Crippen molar-refractivity contribution >= 4 is 23.6 Å². The summed E-state index contributed by atoms with van der Waals surface area (Å²) in [6, 6.07) is 19.2. The number of nitrogens with one attached hydrogen (secondary N) is 3. The van der Waals surface area contributed by atoms with Gasteiger partial charge in [-0.3, -0.25) is 14.7 Å². The van der Waals surface area contributed by atoms with E-state index in [-0.39, 0.29) is 5.70 Å². The summed E-state index contributed by atoms with van der Waals surface area (Å²) in [4.78, 5) is 29.9. The Labute approximate surface area is 178 Å². The summed E-state index contributed by atoms with van der Waals surface area (Å²) in [5, 5.41) is 12.4. The number of hydrogen-bond donors (Lipinski definition) is 3. The molecule has 2 aromatic carbocycles. The summed E-state index contributed by atoms with van der Waals surface area (Å²) in [5.74, 6) is 0.750. The highest BCUT2D eigenvalue weighted by Crippen LogP contribution is 2.20. The Bertz CT molecular complexity index is 1230. The summed E-state index contributed by atoms with van der Waals surface area (Å²) in [6.07, 6.45) is 2.96. The number of benzene rings is 2. The maximum Gasteiger partial charge on any atom is 0.272 e. The first-order chi connectivity index (χ1) is 15.1. The number of carbonyl (C=O) groups is 2. The van der Waals surface area contributed by atoms with Gasteiger partial charge in [-0.25, -0.2) is 4.98 Å². The van der Waals surface area contributed by atoms with Crippen molar-refractivity contribution in [3.63, 3.8) is 0 Å². The van der Waals surface area contributed by atoms with Gasteiger partial charge in [-0.2, -0.15) is 5.10 Å². The van der Waals surface area contributed by atoms with Crippen molar-refractivity contribution in [3.8, 4) is 11.4 Å². The first kappa shape index (κ1) is 19.8. The molecule has 8 nitrogen and oxygen atoms in total. The smallest absolute Gasteiger partial charge is 0.272 e. The van der Waals surface area contributed by atoms with E-state index in [1.54, 1.807) is 54.6 Å². The molecule has 0 saturated carbocycles. The fraction of sp³-hybridized carbons (Fsp3) is 0.0435. The molecule has 2 heterocycles. The summed E-state index contributed by atoms with van der Waals surface area (Å²) in [7, 11) is 0. The third-order valence-electron chi connectivity index (χ3n) is 4.33. The van der Waals surface area contributed by atoms with Crippen molar-refractivity contribution in [2.24, 2.45) is 0 Å². The van der Waals surface area contributed by atoms with Gasteiger partial charge in [0.25, 0.3) is 11.8 Å². The van der Waals surface area contributed by atoms with Gasteiger partial charge in [0, 0.05) is 22.9 Å². The minimum atomic E-state index is -0.496. The zero-order chi connectivity index (χ0) is 21.6. The van der Waals surface area contributed by atoms with E-state index in [9.17, 15) is 9.59 Å². The molecule has 154 valence electrons. The standard InChI is InChI=1S/C23H19N5O3/c1-15-24-21(28-27-15)17-9-5-10-18(13-17)25-23(30)20(14-19-11-6-12-31-19)26-22(29)16-7-3-2-4-8-16/h2-14H,1H3,(H,25,30)(H,26,29)(H,24,27,28). The average molecular weight is 413 g/mol. The van der Waals surface area contributed by atoms with Crippen molar-refractivity contribution < 1.29 is 14.0 Å². The van der Waals surface area contributed by atoms with E-state index in [0.717, 1.165) is 5.56 Å². The highest BCUT2D eigenvalue weighted by atomic mass is 16.3. The number of amides is 2. The van der Waals surface area contributed by atoms with Gasteiger partial charge in [0.1, 0.15) is 17.3 Å². The number of nitrogens with zero attached hydrogens (tertiary/aromatic N) is 2. The summed E-state index contributed by atoms with van der Waals surface area (Å²) in [5.41, 5.74) is 1.75. The number of anilines is 1. The van der Waals surface area contributed by atoms with E-state index < -0.39 is 11.8 Å². The molecule has 0 fully saturated rings. The molecule has 4 aromatic rings. The van der Waals surface area contributed by atoms with Crippen LogP contribution in [0, 0.1) is 6.92 Å².